The maximum atomic E-state index is 12.4. The Balaban J connectivity index is 1.49. The van der Waals surface area contributed by atoms with Gasteiger partial charge in [0.1, 0.15) is 16.2 Å². The van der Waals surface area contributed by atoms with Crippen LogP contribution in [-0.2, 0) is 13.6 Å². The molecule has 4 aromatic rings. The van der Waals surface area contributed by atoms with E-state index >= 15 is 0 Å². The molecule has 0 aliphatic rings. The number of thiophene rings is 1. The van der Waals surface area contributed by atoms with Gasteiger partial charge in [0, 0.05) is 24.8 Å². The van der Waals surface area contributed by atoms with Gasteiger partial charge in [0.25, 0.3) is 5.91 Å². The van der Waals surface area contributed by atoms with E-state index in [-0.39, 0.29) is 5.91 Å². The number of nitrogens with zero attached hydrogens (tertiary/aromatic N) is 4. The number of amides is 1. The van der Waals surface area contributed by atoms with Crippen molar-refractivity contribution >= 4 is 34.2 Å². The van der Waals surface area contributed by atoms with Crippen LogP contribution in [0.4, 0.5) is 0 Å². The van der Waals surface area contributed by atoms with Crippen molar-refractivity contribution in [2.75, 3.05) is 0 Å². The minimum absolute atomic E-state index is 0.146. The number of carbonyl (C=O) groups excluding carboxylic acids is 1. The molecule has 0 fully saturated rings. The molecule has 0 unspecified atom stereocenters. The molecular weight excluding hydrogens is 330 g/mol. The van der Waals surface area contributed by atoms with Gasteiger partial charge >= 0.3 is 0 Å². The highest BCUT2D eigenvalue weighted by molar-refractivity contribution is 7.20. The lowest BCUT2D eigenvalue weighted by Gasteiger charge is -2.02. The smallest absolute Gasteiger partial charge is 0.257 e. The third-order valence-corrected chi connectivity index (χ3v) is 5.42. The van der Waals surface area contributed by atoms with Crippen LogP contribution in [0.15, 0.2) is 41.5 Å². The van der Waals surface area contributed by atoms with E-state index in [1.807, 2.05) is 46.9 Å². The number of hydrogen-bond acceptors (Lipinski definition) is 5. The average Bonchev–Trinajstić information content (AvgIpc) is 3.31. The van der Waals surface area contributed by atoms with Gasteiger partial charge in [-0.05, 0) is 11.4 Å². The van der Waals surface area contributed by atoms with Crippen LogP contribution in [0.2, 0.25) is 0 Å². The fraction of sp³-hybridized carbons (Fsp3) is 0.133. The molecule has 1 amide bonds. The van der Waals surface area contributed by atoms with E-state index in [0.717, 1.165) is 21.2 Å². The van der Waals surface area contributed by atoms with Gasteiger partial charge in [0.05, 0.1) is 23.3 Å². The predicted octanol–water partition coefficient (Wildman–Crippen LogP) is 2.79. The highest BCUT2D eigenvalue weighted by Gasteiger charge is 2.15. The molecule has 4 aromatic heterocycles. The van der Waals surface area contributed by atoms with Crippen LogP contribution in [0.1, 0.15) is 16.1 Å². The molecule has 0 saturated carbocycles. The fourth-order valence-corrected chi connectivity index (χ4v) is 4.01. The van der Waals surface area contributed by atoms with Crippen LogP contribution in [0.25, 0.3) is 15.5 Å². The first-order chi connectivity index (χ1) is 11.2. The summed E-state index contributed by atoms with van der Waals surface area (Å²) in [5.41, 5.74) is 2.20. The van der Waals surface area contributed by atoms with E-state index in [9.17, 15) is 4.79 Å². The second-order valence-electron chi connectivity index (χ2n) is 5.04. The van der Waals surface area contributed by atoms with E-state index in [1.165, 1.54) is 0 Å². The molecule has 0 atom stereocenters. The van der Waals surface area contributed by atoms with Crippen molar-refractivity contribution in [2.45, 2.75) is 6.54 Å². The SMILES string of the molecule is Cn1ccn2ncc(C(=O)NCc3csc(-c4cccs4)n3)c12. The summed E-state index contributed by atoms with van der Waals surface area (Å²) >= 11 is 3.25. The number of rotatable bonds is 4. The largest absolute Gasteiger partial charge is 0.346 e. The van der Waals surface area contributed by atoms with Gasteiger partial charge in [-0.3, -0.25) is 4.79 Å². The van der Waals surface area contributed by atoms with Crippen molar-refractivity contribution in [1.82, 2.24) is 24.5 Å². The summed E-state index contributed by atoms with van der Waals surface area (Å²) in [7, 11) is 1.89. The molecule has 0 aromatic carbocycles. The summed E-state index contributed by atoms with van der Waals surface area (Å²) in [5, 5.41) is 12.1. The van der Waals surface area contributed by atoms with Gasteiger partial charge in [-0.2, -0.15) is 5.10 Å². The summed E-state index contributed by atoms with van der Waals surface area (Å²) in [6.07, 6.45) is 5.27. The Morgan fingerprint density at radius 3 is 3.09 bits per heavy atom. The van der Waals surface area contributed by atoms with E-state index < -0.39 is 0 Å². The third kappa shape index (κ3) is 2.55. The van der Waals surface area contributed by atoms with Crippen molar-refractivity contribution < 1.29 is 4.79 Å². The van der Waals surface area contributed by atoms with E-state index in [4.69, 9.17) is 0 Å². The molecule has 8 heteroatoms. The molecule has 1 N–H and O–H groups in total. The summed E-state index contributed by atoms with van der Waals surface area (Å²) in [6, 6.07) is 4.05. The first-order valence-corrected chi connectivity index (χ1v) is 8.73. The number of imidazole rings is 1. The number of hydrogen-bond donors (Lipinski definition) is 1. The minimum Gasteiger partial charge on any atom is -0.346 e. The molecule has 23 heavy (non-hydrogen) atoms. The quantitative estimate of drug-likeness (QED) is 0.620. The number of fused-ring (bicyclic) bond motifs is 1. The molecule has 0 radical (unpaired) electrons. The summed E-state index contributed by atoms with van der Waals surface area (Å²) in [4.78, 5) is 18.1. The second-order valence-corrected chi connectivity index (χ2v) is 6.85. The Bertz CT molecular complexity index is 963. The Hall–Kier alpha value is -2.45. The van der Waals surface area contributed by atoms with Gasteiger partial charge in [-0.15, -0.1) is 22.7 Å². The lowest BCUT2D eigenvalue weighted by atomic mass is 10.3. The molecule has 4 rings (SSSR count). The van der Waals surface area contributed by atoms with Gasteiger partial charge in [0.15, 0.2) is 0 Å². The number of aryl methyl sites for hydroxylation is 1. The topological polar surface area (TPSA) is 64.2 Å². The second kappa shape index (κ2) is 5.64. The van der Waals surface area contributed by atoms with Crippen LogP contribution in [0.5, 0.6) is 0 Å². The van der Waals surface area contributed by atoms with Crippen molar-refractivity contribution in [2.24, 2.45) is 7.05 Å². The average molecular weight is 343 g/mol. The molecule has 116 valence electrons. The molecule has 0 aliphatic heterocycles. The molecular formula is C15H13N5OS2. The zero-order valence-electron chi connectivity index (χ0n) is 12.3. The van der Waals surface area contributed by atoms with Gasteiger partial charge in [-0.1, -0.05) is 6.07 Å². The maximum absolute atomic E-state index is 12.4. The molecule has 4 heterocycles. The van der Waals surface area contributed by atoms with Crippen LogP contribution in [0, 0.1) is 0 Å². The molecule has 0 aliphatic carbocycles. The maximum Gasteiger partial charge on any atom is 0.257 e. The molecule has 0 bridgehead atoms. The normalized spacial score (nSPS) is 11.2. The lowest BCUT2D eigenvalue weighted by Crippen LogP contribution is -2.23. The van der Waals surface area contributed by atoms with E-state index in [0.29, 0.717) is 12.1 Å². The van der Waals surface area contributed by atoms with Gasteiger partial charge in [-0.25, -0.2) is 9.50 Å². The number of carbonyl (C=O) groups is 1. The van der Waals surface area contributed by atoms with Gasteiger partial charge in [0.2, 0.25) is 0 Å². The van der Waals surface area contributed by atoms with Crippen molar-refractivity contribution in [3.8, 4) is 9.88 Å². The number of thiazole rings is 1. The highest BCUT2D eigenvalue weighted by atomic mass is 32.1. The van der Waals surface area contributed by atoms with Crippen LogP contribution in [-0.4, -0.2) is 25.1 Å². The van der Waals surface area contributed by atoms with Crippen LogP contribution < -0.4 is 5.32 Å². The Labute approximate surface area is 140 Å². The standard InChI is InChI=1S/C15H13N5OS2/c1-19-4-5-20-15(19)11(8-17-20)13(21)16-7-10-9-23-14(18-10)12-3-2-6-22-12/h2-6,8-9H,7H2,1H3,(H,16,21). The minimum atomic E-state index is -0.146. The predicted molar refractivity (Wildman–Crippen MR) is 90.8 cm³/mol. The van der Waals surface area contributed by atoms with Crippen LogP contribution in [0.3, 0.4) is 0 Å². The first-order valence-electron chi connectivity index (χ1n) is 6.97. The monoisotopic (exact) mass is 343 g/mol. The zero-order valence-corrected chi connectivity index (χ0v) is 13.9. The Morgan fingerprint density at radius 2 is 2.26 bits per heavy atom. The fourth-order valence-electron chi connectivity index (χ4n) is 2.38. The number of aromatic nitrogens is 4. The molecule has 6 nitrogen and oxygen atoms in total. The van der Waals surface area contributed by atoms with E-state index in [2.05, 4.69) is 15.4 Å². The zero-order chi connectivity index (χ0) is 15.8. The molecule has 0 saturated heterocycles. The van der Waals surface area contributed by atoms with Crippen molar-refractivity contribution in [3.63, 3.8) is 0 Å². The van der Waals surface area contributed by atoms with E-state index in [1.54, 1.807) is 33.4 Å². The summed E-state index contributed by atoms with van der Waals surface area (Å²) < 4.78 is 3.56. The van der Waals surface area contributed by atoms with Crippen molar-refractivity contribution in [3.05, 3.63) is 52.7 Å². The summed E-state index contributed by atoms with van der Waals surface area (Å²) in [6.45, 7) is 0.405. The number of nitrogens with one attached hydrogen (secondary N) is 1. The summed E-state index contributed by atoms with van der Waals surface area (Å²) in [5.74, 6) is -0.146. The highest BCUT2D eigenvalue weighted by Crippen LogP contribution is 2.27. The Kier molecular flexibility index (Phi) is 3.47. The van der Waals surface area contributed by atoms with Gasteiger partial charge < -0.3 is 9.88 Å². The third-order valence-electron chi connectivity index (χ3n) is 3.49. The van der Waals surface area contributed by atoms with Crippen molar-refractivity contribution in [1.29, 1.82) is 0 Å². The Morgan fingerprint density at radius 1 is 1.35 bits per heavy atom. The molecule has 0 spiro atoms. The van der Waals surface area contributed by atoms with Crippen LogP contribution >= 0.6 is 22.7 Å². The first kappa shape index (κ1) is 14.2. The lowest BCUT2D eigenvalue weighted by molar-refractivity contribution is 0.0951.